The second-order valence-electron chi connectivity index (χ2n) is 4.15. The molecule has 1 aliphatic heterocycles. The first-order valence-corrected chi connectivity index (χ1v) is 5.21. The second kappa shape index (κ2) is 3.71. The number of benzene rings is 1. The van der Waals surface area contributed by atoms with E-state index in [-0.39, 0.29) is 0 Å². The summed E-state index contributed by atoms with van der Waals surface area (Å²) in [4.78, 5) is 0. The fourth-order valence-electron chi connectivity index (χ4n) is 1.99. The second-order valence-corrected chi connectivity index (χ2v) is 4.15. The summed E-state index contributed by atoms with van der Waals surface area (Å²) in [5, 5.41) is 13.7. The van der Waals surface area contributed by atoms with E-state index in [9.17, 15) is 5.11 Å². The predicted molar refractivity (Wildman–Crippen MR) is 57.2 cm³/mol. The molecule has 1 heterocycles. The Morgan fingerprint density at radius 1 is 1.14 bits per heavy atom. The molecular weight excluding hydrogens is 174 g/mol. The van der Waals surface area contributed by atoms with Crippen molar-refractivity contribution < 1.29 is 5.11 Å². The summed E-state index contributed by atoms with van der Waals surface area (Å²) < 4.78 is 0. The van der Waals surface area contributed by atoms with Gasteiger partial charge >= 0.3 is 0 Å². The van der Waals surface area contributed by atoms with Crippen molar-refractivity contribution in [2.75, 3.05) is 13.1 Å². The van der Waals surface area contributed by atoms with E-state index in [0.717, 1.165) is 31.5 Å². The SMILES string of the molecule is Cc1ccc(C2(O)CCNCC2)cc1. The number of piperidine rings is 1. The van der Waals surface area contributed by atoms with Crippen LogP contribution in [-0.2, 0) is 5.60 Å². The summed E-state index contributed by atoms with van der Waals surface area (Å²) in [5.41, 5.74) is 1.70. The van der Waals surface area contributed by atoms with Gasteiger partial charge in [-0.25, -0.2) is 0 Å². The van der Waals surface area contributed by atoms with E-state index in [1.165, 1.54) is 5.56 Å². The summed E-state index contributed by atoms with van der Waals surface area (Å²) in [7, 11) is 0. The average molecular weight is 191 g/mol. The molecule has 2 heteroatoms. The van der Waals surface area contributed by atoms with Gasteiger partial charge in [0.25, 0.3) is 0 Å². The lowest BCUT2D eigenvalue weighted by atomic mass is 9.85. The zero-order valence-electron chi connectivity index (χ0n) is 8.59. The molecule has 0 unspecified atom stereocenters. The van der Waals surface area contributed by atoms with Gasteiger partial charge in [0.2, 0.25) is 0 Å². The highest BCUT2D eigenvalue weighted by Crippen LogP contribution is 2.30. The molecule has 0 amide bonds. The summed E-state index contributed by atoms with van der Waals surface area (Å²) in [6.45, 7) is 3.88. The van der Waals surface area contributed by atoms with Crippen molar-refractivity contribution in [1.29, 1.82) is 0 Å². The molecule has 0 bridgehead atoms. The van der Waals surface area contributed by atoms with Crippen LogP contribution < -0.4 is 5.32 Å². The Bertz CT molecular complexity index is 299. The van der Waals surface area contributed by atoms with Gasteiger partial charge in [-0.3, -0.25) is 0 Å². The zero-order valence-corrected chi connectivity index (χ0v) is 8.59. The maximum absolute atomic E-state index is 10.4. The van der Waals surface area contributed by atoms with Crippen LogP contribution in [0.4, 0.5) is 0 Å². The molecule has 1 fully saturated rings. The Labute approximate surface area is 85.0 Å². The lowest BCUT2D eigenvalue weighted by molar-refractivity contribution is 0.00593. The Morgan fingerprint density at radius 3 is 2.29 bits per heavy atom. The van der Waals surface area contributed by atoms with Crippen LogP contribution in [0.5, 0.6) is 0 Å². The van der Waals surface area contributed by atoms with E-state index in [0.29, 0.717) is 0 Å². The molecule has 2 N–H and O–H groups in total. The highest BCUT2D eigenvalue weighted by molar-refractivity contribution is 5.27. The molecule has 0 atom stereocenters. The van der Waals surface area contributed by atoms with Gasteiger partial charge in [0.1, 0.15) is 0 Å². The Morgan fingerprint density at radius 2 is 1.71 bits per heavy atom. The number of rotatable bonds is 1. The molecule has 1 aliphatic rings. The minimum absolute atomic E-state index is 0.598. The van der Waals surface area contributed by atoms with Crippen molar-refractivity contribution in [1.82, 2.24) is 5.32 Å². The predicted octanol–water partition coefficient (Wildman–Crippen LogP) is 1.57. The van der Waals surface area contributed by atoms with Crippen molar-refractivity contribution in [3.05, 3.63) is 35.4 Å². The Balaban J connectivity index is 2.23. The highest BCUT2D eigenvalue weighted by atomic mass is 16.3. The van der Waals surface area contributed by atoms with Crippen molar-refractivity contribution >= 4 is 0 Å². The molecule has 1 saturated heterocycles. The summed E-state index contributed by atoms with van der Waals surface area (Å²) in [5.74, 6) is 0. The largest absolute Gasteiger partial charge is 0.385 e. The van der Waals surface area contributed by atoms with Crippen molar-refractivity contribution in [3.8, 4) is 0 Å². The first-order valence-electron chi connectivity index (χ1n) is 5.21. The van der Waals surface area contributed by atoms with Crippen LogP contribution >= 0.6 is 0 Å². The third kappa shape index (κ3) is 1.81. The number of aliphatic hydroxyl groups is 1. The van der Waals surface area contributed by atoms with Gasteiger partial charge in [-0.2, -0.15) is 0 Å². The third-order valence-corrected chi connectivity index (χ3v) is 3.02. The maximum atomic E-state index is 10.4. The quantitative estimate of drug-likeness (QED) is 0.706. The van der Waals surface area contributed by atoms with E-state index in [1.54, 1.807) is 0 Å². The van der Waals surface area contributed by atoms with Gasteiger partial charge < -0.3 is 10.4 Å². The average Bonchev–Trinajstić information content (AvgIpc) is 2.19. The van der Waals surface area contributed by atoms with E-state index in [1.807, 2.05) is 12.1 Å². The van der Waals surface area contributed by atoms with Crippen LogP contribution in [0.1, 0.15) is 24.0 Å². The van der Waals surface area contributed by atoms with E-state index < -0.39 is 5.60 Å². The van der Waals surface area contributed by atoms with Crippen LogP contribution in [0.3, 0.4) is 0 Å². The van der Waals surface area contributed by atoms with Crippen molar-refractivity contribution in [2.45, 2.75) is 25.4 Å². The minimum Gasteiger partial charge on any atom is -0.385 e. The number of hydrogen-bond acceptors (Lipinski definition) is 2. The molecular formula is C12H17NO. The van der Waals surface area contributed by atoms with Crippen LogP contribution in [0.2, 0.25) is 0 Å². The van der Waals surface area contributed by atoms with Gasteiger partial charge in [0, 0.05) is 0 Å². The van der Waals surface area contributed by atoms with Gasteiger partial charge in [0.15, 0.2) is 0 Å². The monoisotopic (exact) mass is 191 g/mol. The topological polar surface area (TPSA) is 32.3 Å². The number of aryl methyl sites for hydroxylation is 1. The van der Waals surface area contributed by atoms with E-state index in [4.69, 9.17) is 0 Å². The van der Waals surface area contributed by atoms with Gasteiger partial charge in [-0.15, -0.1) is 0 Å². The highest BCUT2D eigenvalue weighted by Gasteiger charge is 2.30. The first kappa shape index (κ1) is 9.69. The summed E-state index contributed by atoms with van der Waals surface area (Å²) >= 11 is 0. The molecule has 2 rings (SSSR count). The number of nitrogens with one attached hydrogen (secondary N) is 1. The van der Waals surface area contributed by atoms with Gasteiger partial charge in [-0.05, 0) is 38.4 Å². The molecule has 0 saturated carbocycles. The van der Waals surface area contributed by atoms with Crippen LogP contribution in [0.15, 0.2) is 24.3 Å². The van der Waals surface area contributed by atoms with Crippen molar-refractivity contribution in [2.24, 2.45) is 0 Å². The Kier molecular flexibility index (Phi) is 2.57. The summed E-state index contributed by atoms with van der Waals surface area (Å²) in [6, 6.07) is 8.21. The molecule has 0 spiro atoms. The molecule has 0 aliphatic carbocycles. The maximum Gasteiger partial charge on any atom is 0.0920 e. The molecule has 1 aromatic rings. The normalized spacial score (nSPS) is 20.7. The van der Waals surface area contributed by atoms with Crippen LogP contribution in [0.25, 0.3) is 0 Å². The lowest BCUT2D eigenvalue weighted by Crippen LogP contribution is -2.39. The first-order chi connectivity index (χ1) is 6.71. The zero-order chi connectivity index (χ0) is 10.0. The molecule has 14 heavy (non-hydrogen) atoms. The van der Waals surface area contributed by atoms with E-state index >= 15 is 0 Å². The van der Waals surface area contributed by atoms with Crippen LogP contribution in [-0.4, -0.2) is 18.2 Å². The van der Waals surface area contributed by atoms with Gasteiger partial charge in [-0.1, -0.05) is 29.8 Å². The van der Waals surface area contributed by atoms with Gasteiger partial charge in [0.05, 0.1) is 5.60 Å². The Hall–Kier alpha value is -0.860. The fraction of sp³-hybridized carbons (Fsp3) is 0.500. The van der Waals surface area contributed by atoms with Crippen LogP contribution in [0, 0.1) is 6.92 Å². The lowest BCUT2D eigenvalue weighted by Gasteiger charge is -2.33. The third-order valence-electron chi connectivity index (χ3n) is 3.02. The summed E-state index contributed by atoms with van der Waals surface area (Å²) in [6.07, 6.45) is 1.63. The molecule has 76 valence electrons. The van der Waals surface area contributed by atoms with E-state index in [2.05, 4.69) is 24.4 Å². The molecule has 0 radical (unpaired) electrons. The minimum atomic E-state index is -0.598. The smallest absolute Gasteiger partial charge is 0.0920 e. The van der Waals surface area contributed by atoms with Crippen molar-refractivity contribution in [3.63, 3.8) is 0 Å². The number of hydrogen-bond donors (Lipinski definition) is 2. The standard InChI is InChI=1S/C12H17NO/c1-10-2-4-11(5-3-10)12(14)6-8-13-9-7-12/h2-5,13-14H,6-9H2,1H3. The molecule has 0 aromatic heterocycles. The fourth-order valence-corrected chi connectivity index (χ4v) is 1.99. The molecule has 1 aromatic carbocycles. The molecule has 2 nitrogen and oxygen atoms in total.